The highest BCUT2D eigenvalue weighted by Crippen LogP contribution is 2.15. The summed E-state index contributed by atoms with van der Waals surface area (Å²) in [4.78, 5) is 12.3. The van der Waals surface area contributed by atoms with Gasteiger partial charge in [-0.3, -0.25) is 4.79 Å². The lowest BCUT2D eigenvalue weighted by molar-refractivity contribution is -0.117. The zero-order valence-electron chi connectivity index (χ0n) is 12.7. The topological polar surface area (TPSA) is 52.9 Å². The third-order valence-corrected chi connectivity index (χ3v) is 3.50. The van der Waals surface area contributed by atoms with Crippen LogP contribution in [-0.4, -0.2) is 5.91 Å². The highest BCUT2D eigenvalue weighted by Gasteiger charge is 2.13. The van der Waals surface area contributed by atoms with E-state index < -0.39 is 0 Å². The fraction of sp³-hybridized carbons (Fsp3) is 0.158. The van der Waals surface area contributed by atoms with E-state index in [0.29, 0.717) is 0 Å². The maximum absolute atomic E-state index is 12.3. The molecule has 2 rings (SSSR count). The lowest BCUT2D eigenvalue weighted by atomic mass is 10.0. The first kappa shape index (κ1) is 15.5. The van der Waals surface area contributed by atoms with Crippen molar-refractivity contribution in [3.8, 4) is 6.07 Å². The van der Waals surface area contributed by atoms with Crippen molar-refractivity contribution in [3.05, 3.63) is 76.9 Å². The summed E-state index contributed by atoms with van der Waals surface area (Å²) in [5.41, 5.74) is 3.02. The maximum atomic E-state index is 12.3. The molecular weight excluding hydrogens is 272 g/mol. The number of benzene rings is 2. The molecule has 0 fully saturated rings. The van der Waals surface area contributed by atoms with E-state index in [1.54, 1.807) is 6.08 Å². The summed E-state index contributed by atoms with van der Waals surface area (Å²) in [5.74, 6) is -0.359. The summed E-state index contributed by atoms with van der Waals surface area (Å²) >= 11 is 0. The Labute approximate surface area is 130 Å². The lowest BCUT2D eigenvalue weighted by Crippen LogP contribution is -2.27. The Bertz CT molecular complexity index is 727. The fourth-order valence-corrected chi connectivity index (χ4v) is 2.15. The summed E-state index contributed by atoms with van der Waals surface area (Å²) in [5, 5.41) is 12.1. The lowest BCUT2D eigenvalue weighted by Gasteiger charge is -2.13. The summed E-state index contributed by atoms with van der Waals surface area (Å²) in [6, 6.07) is 19.2. The van der Waals surface area contributed by atoms with Crippen molar-refractivity contribution in [3.63, 3.8) is 0 Å². The molecule has 1 unspecified atom stereocenters. The molecule has 110 valence electrons. The molecule has 1 atom stereocenters. The number of nitrogens with one attached hydrogen (secondary N) is 1. The molecule has 0 radical (unpaired) electrons. The molecule has 3 nitrogen and oxygen atoms in total. The summed E-state index contributed by atoms with van der Waals surface area (Å²) in [6.07, 6.45) is 1.63. The summed E-state index contributed by atoms with van der Waals surface area (Å²) in [7, 11) is 0. The second-order valence-electron chi connectivity index (χ2n) is 5.13. The van der Waals surface area contributed by atoms with Crippen LogP contribution in [-0.2, 0) is 4.79 Å². The molecule has 0 saturated carbocycles. The van der Waals surface area contributed by atoms with Crippen LogP contribution in [0.3, 0.4) is 0 Å². The van der Waals surface area contributed by atoms with Gasteiger partial charge in [-0.25, -0.2) is 0 Å². The molecule has 0 aliphatic carbocycles. The van der Waals surface area contributed by atoms with Gasteiger partial charge in [0.05, 0.1) is 6.04 Å². The Hall–Kier alpha value is -2.86. The van der Waals surface area contributed by atoms with Crippen molar-refractivity contribution in [2.45, 2.75) is 19.9 Å². The van der Waals surface area contributed by atoms with Crippen molar-refractivity contribution in [2.24, 2.45) is 0 Å². The number of amides is 1. The van der Waals surface area contributed by atoms with Crippen molar-refractivity contribution < 1.29 is 4.79 Å². The first-order valence-corrected chi connectivity index (χ1v) is 7.15. The first-order valence-electron chi connectivity index (χ1n) is 7.15. The van der Waals surface area contributed by atoms with Gasteiger partial charge in [0, 0.05) is 0 Å². The number of nitriles is 1. The van der Waals surface area contributed by atoms with Crippen LogP contribution in [0.15, 0.2) is 60.2 Å². The van der Waals surface area contributed by atoms with Crippen LogP contribution in [0.2, 0.25) is 0 Å². The Balaban J connectivity index is 2.17. The Morgan fingerprint density at radius 1 is 1.14 bits per heavy atom. The minimum Gasteiger partial charge on any atom is -0.345 e. The number of hydrogen-bond acceptors (Lipinski definition) is 2. The zero-order chi connectivity index (χ0) is 15.9. The normalized spacial score (nSPS) is 12.3. The molecule has 2 aromatic rings. The van der Waals surface area contributed by atoms with Crippen molar-refractivity contribution in [2.75, 3.05) is 0 Å². The van der Waals surface area contributed by atoms with Gasteiger partial charge >= 0.3 is 0 Å². The van der Waals surface area contributed by atoms with E-state index in [2.05, 4.69) is 5.32 Å². The molecular formula is C19H18N2O. The van der Waals surface area contributed by atoms with Crippen molar-refractivity contribution in [1.29, 1.82) is 5.26 Å². The van der Waals surface area contributed by atoms with Gasteiger partial charge in [-0.15, -0.1) is 0 Å². The fourth-order valence-electron chi connectivity index (χ4n) is 2.15. The quantitative estimate of drug-likeness (QED) is 0.688. The van der Waals surface area contributed by atoms with Gasteiger partial charge in [-0.2, -0.15) is 5.26 Å². The number of hydrogen-bond donors (Lipinski definition) is 1. The average molecular weight is 290 g/mol. The Kier molecular flexibility index (Phi) is 5.11. The molecule has 0 aliphatic heterocycles. The van der Waals surface area contributed by atoms with Crippen LogP contribution in [0.1, 0.15) is 29.7 Å². The highest BCUT2D eigenvalue weighted by molar-refractivity contribution is 6.02. The molecule has 0 aliphatic rings. The van der Waals surface area contributed by atoms with Gasteiger partial charge in [0.2, 0.25) is 0 Å². The SMILES string of the molecule is Cc1ccccc1/C=C(\C#N)C(=O)NC(C)c1ccccc1. The molecule has 1 N–H and O–H groups in total. The van der Waals surface area contributed by atoms with Crippen LogP contribution < -0.4 is 5.32 Å². The van der Waals surface area contributed by atoms with Gasteiger partial charge in [-0.1, -0.05) is 54.6 Å². The molecule has 0 saturated heterocycles. The monoisotopic (exact) mass is 290 g/mol. The minimum atomic E-state index is -0.359. The third-order valence-electron chi connectivity index (χ3n) is 3.50. The van der Waals surface area contributed by atoms with E-state index in [4.69, 9.17) is 0 Å². The number of carbonyl (C=O) groups is 1. The largest absolute Gasteiger partial charge is 0.345 e. The molecule has 22 heavy (non-hydrogen) atoms. The first-order chi connectivity index (χ1) is 10.6. The maximum Gasteiger partial charge on any atom is 0.262 e. The van der Waals surface area contributed by atoms with Crippen LogP contribution in [0.4, 0.5) is 0 Å². The van der Waals surface area contributed by atoms with Gasteiger partial charge in [0.25, 0.3) is 5.91 Å². The van der Waals surface area contributed by atoms with Gasteiger partial charge in [0.15, 0.2) is 0 Å². The smallest absolute Gasteiger partial charge is 0.262 e. The molecule has 3 heteroatoms. The van der Waals surface area contributed by atoms with Crippen LogP contribution in [0.25, 0.3) is 6.08 Å². The summed E-state index contributed by atoms with van der Waals surface area (Å²) in [6.45, 7) is 3.85. The predicted octanol–water partition coefficient (Wildman–Crippen LogP) is 3.78. The molecule has 0 bridgehead atoms. The predicted molar refractivity (Wildman–Crippen MR) is 87.8 cm³/mol. The van der Waals surface area contributed by atoms with E-state index in [0.717, 1.165) is 16.7 Å². The molecule has 2 aromatic carbocycles. The Morgan fingerprint density at radius 3 is 2.41 bits per heavy atom. The third kappa shape index (κ3) is 3.83. The van der Waals surface area contributed by atoms with E-state index in [1.807, 2.05) is 74.5 Å². The van der Waals surface area contributed by atoms with Crippen molar-refractivity contribution >= 4 is 12.0 Å². The summed E-state index contributed by atoms with van der Waals surface area (Å²) < 4.78 is 0. The van der Waals surface area contributed by atoms with Gasteiger partial charge in [-0.05, 0) is 36.6 Å². The van der Waals surface area contributed by atoms with Crippen LogP contribution >= 0.6 is 0 Å². The number of nitrogens with zero attached hydrogens (tertiary/aromatic N) is 1. The molecule has 0 heterocycles. The van der Waals surface area contributed by atoms with Gasteiger partial charge in [0.1, 0.15) is 11.6 Å². The number of rotatable bonds is 4. The standard InChI is InChI=1S/C19H18N2O/c1-14-8-6-7-11-17(14)12-18(13-20)19(22)21-15(2)16-9-4-3-5-10-16/h3-12,15H,1-2H3,(H,21,22)/b18-12+. The van der Waals surface area contributed by atoms with E-state index in [1.165, 1.54) is 0 Å². The second kappa shape index (κ2) is 7.24. The Morgan fingerprint density at radius 2 is 1.77 bits per heavy atom. The average Bonchev–Trinajstić information content (AvgIpc) is 2.54. The highest BCUT2D eigenvalue weighted by atomic mass is 16.1. The zero-order valence-corrected chi connectivity index (χ0v) is 12.7. The van der Waals surface area contributed by atoms with Crippen LogP contribution in [0, 0.1) is 18.3 Å². The van der Waals surface area contributed by atoms with Crippen molar-refractivity contribution in [1.82, 2.24) is 5.32 Å². The minimum absolute atomic E-state index is 0.108. The molecule has 0 spiro atoms. The van der Waals surface area contributed by atoms with Crippen LogP contribution in [0.5, 0.6) is 0 Å². The van der Waals surface area contributed by atoms with Gasteiger partial charge < -0.3 is 5.32 Å². The second-order valence-corrected chi connectivity index (χ2v) is 5.13. The van der Waals surface area contributed by atoms with E-state index >= 15 is 0 Å². The van der Waals surface area contributed by atoms with E-state index in [-0.39, 0.29) is 17.5 Å². The number of aryl methyl sites for hydroxylation is 1. The van der Waals surface area contributed by atoms with E-state index in [9.17, 15) is 10.1 Å². The number of carbonyl (C=O) groups excluding carboxylic acids is 1. The molecule has 0 aromatic heterocycles. The molecule has 1 amide bonds.